The number of rotatable bonds is 7. The van der Waals surface area contributed by atoms with Crippen LogP contribution in [0.3, 0.4) is 0 Å². The molecule has 0 radical (unpaired) electrons. The predicted molar refractivity (Wildman–Crippen MR) is 103 cm³/mol. The minimum Gasteiger partial charge on any atom is -0.459 e. The summed E-state index contributed by atoms with van der Waals surface area (Å²) < 4.78 is 7.05. The summed E-state index contributed by atoms with van der Waals surface area (Å²) >= 11 is 1.29. The van der Waals surface area contributed by atoms with Crippen molar-refractivity contribution in [2.24, 2.45) is 0 Å². The van der Waals surface area contributed by atoms with Gasteiger partial charge in [0.05, 0.1) is 18.6 Å². The monoisotopic (exact) mass is 397 g/mol. The number of aromatic nitrogens is 3. The van der Waals surface area contributed by atoms with Crippen LogP contribution in [-0.4, -0.2) is 32.3 Å². The maximum Gasteiger partial charge on any atom is 0.305 e. The highest BCUT2D eigenvalue weighted by molar-refractivity contribution is 7.99. The first-order valence-corrected chi connectivity index (χ1v) is 9.92. The van der Waals surface area contributed by atoms with Crippen molar-refractivity contribution in [3.8, 4) is 0 Å². The fraction of sp³-hybridized carbons (Fsp3) is 0.263. The maximum atomic E-state index is 12.1. The topological polar surface area (TPSA) is 102 Å². The Labute approximate surface area is 165 Å². The number of benzene rings is 1. The van der Waals surface area contributed by atoms with Gasteiger partial charge in [-0.1, -0.05) is 42.1 Å². The lowest BCUT2D eigenvalue weighted by Crippen LogP contribution is -2.42. The van der Waals surface area contributed by atoms with Crippen LogP contribution in [0.4, 0.5) is 0 Å². The van der Waals surface area contributed by atoms with E-state index in [1.165, 1.54) is 24.1 Å². The van der Waals surface area contributed by atoms with Crippen molar-refractivity contribution in [3.63, 3.8) is 0 Å². The van der Waals surface area contributed by atoms with Crippen molar-refractivity contribution in [3.05, 3.63) is 65.9 Å². The Morgan fingerprint density at radius 2 is 1.93 bits per heavy atom. The number of nitrogens with zero attached hydrogens (tertiary/aromatic N) is 3. The fourth-order valence-corrected chi connectivity index (χ4v) is 3.47. The molecule has 4 rings (SSSR count). The van der Waals surface area contributed by atoms with Gasteiger partial charge < -0.3 is 8.98 Å². The third-order valence-corrected chi connectivity index (χ3v) is 5.23. The van der Waals surface area contributed by atoms with Crippen LogP contribution >= 0.6 is 11.8 Å². The zero-order valence-electron chi connectivity index (χ0n) is 15.0. The van der Waals surface area contributed by atoms with Crippen LogP contribution in [-0.2, 0) is 11.3 Å². The second kappa shape index (κ2) is 8.30. The lowest BCUT2D eigenvalue weighted by atomic mass is 10.2. The van der Waals surface area contributed by atoms with E-state index in [0.29, 0.717) is 17.6 Å². The van der Waals surface area contributed by atoms with Gasteiger partial charge in [-0.05, 0) is 30.5 Å². The molecule has 8 nitrogen and oxygen atoms in total. The first kappa shape index (κ1) is 18.3. The van der Waals surface area contributed by atoms with Gasteiger partial charge in [0.1, 0.15) is 5.82 Å². The molecule has 144 valence electrons. The SMILES string of the molecule is O=C(CSc1nnc(C2CC2)n1Cc1ccccc1)NNC(=O)c1ccco1. The van der Waals surface area contributed by atoms with Gasteiger partial charge >= 0.3 is 5.91 Å². The van der Waals surface area contributed by atoms with Crippen molar-refractivity contribution in [2.75, 3.05) is 5.75 Å². The van der Waals surface area contributed by atoms with E-state index in [1.807, 2.05) is 18.2 Å². The second-order valence-electron chi connectivity index (χ2n) is 6.46. The number of hydrogen-bond acceptors (Lipinski definition) is 6. The van der Waals surface area contributed by atoms with E-state index in [-0.39, 0.29) is 17.4 Å². The average molecular weight is 397 g/mol. The molecule has 0 spiro atoms. The summed E-state index contributed by atoms with van der Waals surface area (Å²) in [6, 6.07) is 13.2. The van der Waals surface area contributed by atoms with E-state index >= 15 is 0 Å². The highest BCUT2D eigenvalue weighted by Crippen LogP contribution is 2.40. The van der Waals surface area contributed by atoms with Crippen molar-refractivity contribution in [2.45, 2.75) is 30.5 Å². The number of hydrazine groups is 1. The van der Waals surface area contributed by atoms with Gasteiger partial charge in [-0.25, -0.2) is 0 Å². The Bertz CT molecular complexity index is 951. The average Bonchev–Trinajstić information content (AvgIpc) is 3.25. The molecule has 0 saturated heterocycles. The number of hydrogen-bond donors (Lipinski definition) is 2. The molecule has 2 heterocycles. The quantitative estimate of drug-likeness (QED) is 0.469. The molecule has 3 aromatic rings. The summed E-state index contributed by atoms with van der Waals surface area (Å²) in [5.74, 6) is 0.809. The Balaban J connectivity index is 1.36. The second-order valence-corrected chi connectivity index (χ2v) is 7.40. The lowest BCUT2D eigenvalue weighted by molar-refractivity contribution is -0.119. The number of carbonyl (C=O) groups is 2. The largest absolute Gasteiger partial charge is 0.459 e. The van der Waals surface area contributed by atoms with Gasteiger partial charge in [0.25, 0.3) is 0 Å². The van der Waals surface area contributed by atoms with Gasteiger partial charge in [-0.15, -0.1) is 10.2 Å². The van der Waals surface area contributed by atoms with Crippen molar-refractivity contribution in [1.29, 1.82) is 0 Å². The van der Waals surface area contributed by atoms with Crippen molar-refractivity contribution in [1.82, 2.24) is 25.6 Å². The molecule has 1 aliphatic carbocycles. The molecule has 2 amide bonds. The molecule has 0 atom stereocenters. The summed E-state index contributed by atoms with van der Waals surface area (Å²) in [7, 11) is 0. The zero-order chi connectivity index (χ0) is 19.3. The summed E-state index contributed by atoms with van der Waals surface area (Å²) in [6.45, 7) is 0.666. The summed E-state index contributed by atoms with van der Waals surface area (Å²) in [5, 5.41) is 9.31. The molecule has 1 aromatic carbocycles. The van der Waals surface area contributed by atoms with Crippen LogP contribution in [0.15, 0.2) is 58.3 Å². The predicted octanol–water partition coefficient (Wildman–Crippen LogP) is 2.35. The van der Waals surface area contributed by atoms with Crippen LogP contribution in [0, 0.1) is 0 Å². The number of thioether (sulfide) groups is 1. The molecule has 2 aromatic heterocycles. The van der Waals surface area contributed by atoms with Crippen LogP contribution < -0.4 is 10.9 Å². The fourth-order valence-electron chi connectivity index (χ4n) is 2.73. The van der Waals surface area contributed by atoms with Crippen LogP contribution in [0.2, 0.25) is 0 Å². The molecule has 1 saturated carbocycles. The van der Waals surface area contributed by atoms with E-state index < -0.39 is 5.91 Å². The number of nitrogens with one attached hydrogen (secondary N) is 2. The Hall–Kier alpha value is -3.07. The Morgan fingerprint density at radius 3 is 2.64 bits per heavy atom. The van der Waals surface area contributed by atoms with Gasteiger partial charge in [0.15, 0.2) is 10.9 Å². The smallest absolute Gasteiger partial charge is 0.305 e. The molecule has 0 aliphatic heterocycles. The van der Waals surface area contributed by atoms with E-state index in [1.54, 1.807) is 6.07 Å². The standard InChI is InChI=1S/C19H19N5O3S/c25-16(20-22-18(26)15-7-4-10-27-15)12-28-19-23-21-17(14-8-9-14)24(19)11-13-5-2-1-3-6-13/h1-7,10,14H,8-9,11-12H2,(H,20,25)(H,22,26). The summed E-state index contributed by atoms with van der Waals surface area (Å²) in [5.41, 5.74) is 5.85. The Morgan fingerprint density at radius 1 is 1.11 bits per heavy atom. The van der Waals surface area contributed by atoms with E-state index in [9.17, 15) is 9.59 Å². The zero-order valence-corrected chi connectivity index (χ0v) is 15.8. The molecule has 1 aliphatic rings. The normalized spacial score (nSPS) is 13.3. The highest BCUT2D eigenvalue weighted by Gasteiger charge is 2.30. The highest BCUT2D eigenvalue weighted by atomic mass is 32.2. The third kappa shape index (κ3) is 4.42. The summed E-state index contributed by atoms with van der Waals surface area (Å²) in [6.07, 6.45) is 3.64. The van der Waals surface area contributed by atoms with Crippen LogP contribution in [0.5, 0.6) is 0 Å². The van der Waals surface area contributed by atoms with Crippen LogP contribution in [0.25, 0.3) is 0 Å². The van der Waals surface area contributed by atoms with Crippen molar-refractivity contribution >= 4 is 23.6 Å². The molecule has 9 heteroatoms. The minimum atomic E-state index is -0.508. The van der Waals surface area contributed by atoms with Gasteiger partial charge in [-0.2, -0.15) is 0 Å². The minimum absolute atomic E-state index is 0.107. The lowest BCUT2D eigenvalue weighted by Gasteiger charge is -2.10. The maximum absolute atomic E-state index is 12.1. The number of carbonyl (C=O) groups excluding carboxylic acids is 2. The van der Waals surface area contributed by atoms with E-state index in [4.69, 9.17) is 4.42 Å². The third-order valence-electron chi connectivity index (χ3n) is 4.26. The molecular weight excluding hydrogens is 378 g/mol. The van der Waals surface area contributed by atoms with Gasteiger partial charge in [-0.3, -0.25) is 20.4 Å². The molecule has 2 N–H and O–H groups in total. The first-order chi connectivity index (χ1) is 13.7. The molecule has 28 heavy (non-hydrogen) atoms. The van der Waals surface area contributed by atoms with Gasteiger partial charge in [0.2, 0.25) is 5.91 Å². The molecule has 0 bridgehead atoms. The Kier molecular flexibility index (Phi) is 5.43. The molecule has 0 unspecified atom stereocenters. The van der Waals surface area contributed by atoms with Crippen LogP contribution in [0.1, 0.15) is 40.7 Å². The van der Waals surface area contributed by atoms with E-state index in [2.05, 4.69) is 37.7 Å². The molecular formula is C19H19N5O3S. The van der Waals surface area contributed by atoms with Gasteiger partial charge in [0, 0.05) is 5.92 Å². The molecule has 1 fully saturated rings. The van der Waals surface area contributed by atoms with Crippen molar-refractivity contribution < 1.29 is 14.0 Å². The number of amides is 2. The summed E-state index contributed by atoms with van der Waals surface area (Å²) in [4.78, 5) is 23.9. The first-order valence-electron chi connectivity index (χ1n) is 8.93. The van der Waals surface area contributed by atoms with E-state index in [0.717, 1.165) is 24.2 Å². The number of furan rings is 1.